The maximum Gasteiger partial charge on any atom is 0.265 e. The Bertz CT molecular complexity index is 952. The number of carbonyl (C=O) groups is 1. The Kier molecular flexibility index (Phi) is 6.64. The average molecular weight is 419 g/mol. The van der Waals surface area contributed by atoms with Gasteiger partial charge in [0.05, 0.1) is 14.2 Å². The van der Waals surface area contributed by atoms with E-state index in [0.717, 1.165) is 12.8 Å². The van der Waals surface area contributed by atoms with Crippen LogP contribution in [0, 0.1) is 5.92 Å². The normalized spacial score (nSPS) is 14.4. The van der Waals surface area contributed by atoms with Crippen LogP contribution in [-0.4, -0.2) is 28.5 Å². The number of carbonyl (C=O) groups excluding carboxylic acids is 1. The van der Waals surface area contributed by atoms with Crippen molar-refractivity contribution in [3.8, 4) is 11.5 Å². The Morgan fingerprint density at radius 3 is 2.28 bits per heavy atom. The van der Waals surface area contributed by atoms with Crippen molar-refractivity contribution < 1.29 is 22.7 Å². The lowest BCUT2D eigenvalue weighted by Crippen LogP contribution is -2.17. The fourth-order valence-electron chi connectivity index (χ4n) is 3.52. The molecule has 0 aliphatic heterocycles. The van der Waals surface area contributed by atoms with Gasteiger partial charge < -0.3 is 14.8 Å². The number of rotatable bonds is 8. The second-order valence-corrected chi connectivity index (χ2v) is 8.75. The molecule has 0 unspecified atom stereocenters. The highest BCUT2D eigenvalue weighted by molar-refractivity contribution is 7.92. The largest absolute Gasteiger partial charge is 0.497 e. The molecule has 2 N–H and O–H groups in total. The topological polar surface area (TPSA) is 93.7 Å². The fourth-order valence-corrected chi connectivity index (χ4v) is 4.78. The highest BCUT2D eigenvalue weighted by Gasteiger charge is 2.22. The van der Waals surface area contributed by atoms with Crippen molar-refractivity contribution in [3.63, 3.8) is 0 Å². The monoisotopic (exact) mass is 418 g/mol. The van der Waals surface area contributed by atoms with Crippen LogP contribution in [0.4, 0.5) is 11.4 Å². The third kappa shape index (κ3) is 5.41. The van der Waals surface area contributed by atoms with Gasteiger partial charge >= 0.3 is 0 Å². The summed E-state index contributed by atoms with van der Waals surface area (Å²) in [5, 5.41) is 2.81. The lowest BCUT2D eigenvalue weighted by Gasteiger charge is -2.14. The number of ether oxygens (including phenoxy) is 2. The van der Waals surface area contributed by atoms with Gasteiger partial charge in [-0.05, 0) is 61.2 Å². The van der Waals surface area contributed by atoms with Gasteiger partial charge in [-0.15, -0.1) is 0 Å². The zero-order valence-electron chi connectivity index (χ0n) is 16.6. The first-order valence-electron chi connectivity index (χ1n) is 9.56. The summed E-state index contributed by atoms with van der Waals surface area (Å²) < 4.78 is 38.7. The smallest absolute Gasteiger partial charge is 0.265 e. The molecule has 1 aliphatic rings. The van der Waals surface area contributed by atoms with Gasteiger partial charge in [0.2, 0.25) is 5.91 Å². The molecule has 1 aliphatic carbocycles. The van der Waals surface area contributed by atoms with E-state index in [4.69, 9.17) is 9.47 Å². The molecule has 2 aromatic rings. The molecule has 0 aromatic heterocycles. The average Bonchev–Trinajstić information content (AvgIpc) is 3.21. The molecule has 3 rings (SSSR count). The first-order valence-corrected chi connectivity index (χ1v) is 11.0. The summed E-state index contributed by atoms with van der Waals surface area (Å²) in [4.78, 5) is 12.3. The summed E-state index contributed by atoms with van der Waals surface area (Å²) in [5.41, 5.74) is 0.812. The van der Waals surface area contributed by atoms with Crippen LogP contribution < -0.4 is 19.5 Å². The van der Waals surface area contributed by atoms with Gasteiger partial charge in [0, 0.05) is 17.8 Å². The van der Waals surface area contributed by atoms with Crippen molar-refractivity contribution >= 4 is 27.3 Å². The predicted octanol–water partition coefficient (Wildman–Crippen LogP) is 4.02. The molecule has 1 fully saturated rings. The highest BCUT2D eigenvalue weighted by Crippen LogP contribution is 2.31. The Balaban J connectivity index is 1.78. The maximum absolute atomic E-state index is 12.9. The van der Waals surface area contributed by atoms with Crippen molar-refractivity contribution in [1.82, 2.24) is 0 Å². The molecule has 1 amide bonds. The Labute approximate surface area is 171 Å². The number of hydrogen-bond acceptors (Lipinski definition) is 5. The summed E-state index contributed by atoms with van der Waals surface area (Å²) in [6.45, 7) is 0. The van der Waals surface area contributed by atoms with E-state index < -0.39 is 10.0 Å². The molecule has 0 spiro atoms. The molecule has 156 valence electrons. The van der Waals surface area contributed by atoms with Gasteiger partial charge in [-0.25, -0.2) is 8.42 Å². The molecule has 0 radical (unpaired) electrons. The lowest BCUT2D eigenvalue weighted by atomic mass is 10.0. The third-order valence-electron chi connectivity index (χ3n) is 5.03. The number of methoxy groups -OCH3 is 2. The number of amides is 1. The number of anilines is 2. The predicted molar refractivity (Wildman–Crippen MR) is 112 cm³/mol. The van der Waals surface area contributed by atoms with Crippen molar-refractivity contribution in [2.75, 3.05) is 24.3 Å². The highest BCUT2D eigenvalue weighted by atomic mass is 32.2. The minimum atomic E-state index is -3.92. The van der Waals surface area contributed by atoms with Crippen molar-refractivity contribution in [2.24, 2.45) is 5.92 Å². The van der Waals surface area contributed by atoms with E-state index in [1.807, 2.05) is 0 Å². The van der Waals surface area contributed by atoms with Gasteiger partial charge in [0.15, 0.2) is 0 Å². The Morgan fingerprint density at radius 1 is 1.00 bits per heavy atom. The molecule has 1 saturated carbocycles. The minimum Gasteiger partial charge on any atom is -0.497 e. The quantitative estimate of drug-likeness (QED) is 0.675. The summed E-state index contributed by atoms with van der Waals surface area (Å²) in [6.07, 6.45) is 4.93. The van der Waals surface area contributed by atoms with Crippen LogP contribution >= 0.6 is 0 Å². The van der Waals surface area contributed by atoms with Crippen LogP contribution in [0.15, 0.2) is 47.4 Å². The van der Waals surface area contributed by atoms with Crippen molar-refractivity contribution in [3.05, 3.63) is 42.5 Å². The van der Waals surface area contributed by atoms with Gasteiger partial charge in [-0.1, -0.05) is 12.8 Å². The molecule has 0 atom stereocenters. The minimum absolute atomic E-state index is 0.0468. The lowest BCUT2D eigenvalue weighted by molar-refractivity contribution is -0.117. The second-order valence-electron chi connectivity index (χ2n) is 7.10. The van der Waals surface area contributed by atoms with Crippen LogP contribution in [0.25, 0.3) is 0 Å². The van der Waals surface area contributed by atoms with Crippen LogP contribution in [0.2, 0.25) is 0 Å². The second kappa shape index (κ2) is 9.17. The van der Waals surface area contributed by atoms with Crippen LogP contribution in [-0.2, 0) is 14.8 Å². The van der Waals surface area contributed by atoms with Crippen molar-refractivity contribution in [1.29, 1.82) is 0 Å². The molecular formula is C21H26N2O5S. The number of benzene rings is 2. The van der Waals surface area contributed by atoms with E-state index in [0.29, 0.717) is 29.5 Å². The van der Waals surface area contributed by atoms with E-state index >= 15 is 0 Å². The molecule has 0 saturated heterocycles. The number of sulfonamides is 1. The first-order chi connectivity index (χ1) is 13.9. The SMILES string of the molecule is COc1ccc(NS(=O)(=O)c2cc(NC(=O)CC3CCCC3)ccc2OC)cc1. The van der Waals surface area contributed by atoms with Crippen LogP contribution in [0.5, 0.6) is 11.5 Å². The summed E-state index contributed by atoms with van der Waals surface area (Å²) >= 11 is 0. The molecule has 29 heavy (non-hydrogen) atoms. The molecule has 8 heteroatoms. The Morgan fingerprint density at radius 2 is 1.66 bits per heavy atom. The van der Waals surface area contributed by atoms with E-state index in [1.165, 1.54) is 39.2 Å². The standard InChI is InChI=1S/C21H26N2O5S/c1-27-18-10-7-16(8-11-18)23-29(25,26)20-14-17(9-12-19(20)28-2)22-21(24)13-15-5-3-4-6-15/h7-12,14-15,23H,3-6,13H2,1-2H3,(H,22,24). The van der Waals surface area contributed by atoms with E-state index in [9.17, 15) is 13.2 Å². The Hall–Kier alpha value is -2.74. The van der Waals surface area contributed by atoms with Crippen molar-refractivity contribution in [2.45, 2.75) is 37.0 Å². The van der Waals surface area contributed by atoms with Gasteiger partial charge in [0.1, 0.15) is 16.4 Å². The molecule has 0 bridgehead atoms. The number of hydrogen-bond donors (Lipinski definition) is 2. The van der Waals surface area contributed by atoms with Crippen LogP contribution in [0.1, 0.15) is 32.1 Å². The molecule has 0 heterocycles. The molecule has 2 aromatic carbocycles. The van der Waals surface area contributed by atoms with Crippen LogP contribution in [0.3, 0.4) is 0 Å². The fraction of sp³-hybridized carbons (Fsp3) is 0.381. The summed E-state index contributed by atoms with van der Waals surface area (Å²) in [6, 6.07) is 11.1. The zero-order chi connectivity index (χ0) is 20.9. The van der Waals surface area contributed by atoms with E-state index in [1.54, 1.807) is 30.3 Å². The van der Waals surface area contributed by atoms with Gasteiger partial charge in [0.25, 0.3) is 10.0 Å². The van der Waals surface area contributed by atoms with E-state index in [2.05, 4.69) is 10.0 Å². The third-order valence-corrected chi connectivity index (χ3v) is 6.43. The summed E-state index contributed by atoms with van der Waals surface area (Å²) in [5.74, 6) is 1.12. The van der Waals surface area contributed by atoms with Gasteiger partial charge in [-0.2, -0.15) is 0 Å². The maximum atomic E-state index is 12.9. The van der Waals surface area contributed by atoms with E-state index in [-0.39, 0.29) is 16.6 Å². The zero-order valence-corrected chi connectivity index (χ0v) is 17.4. The van der Waals surface area contributed by atoms with Gasteiger partial charge in [-0.3, -0.25) is 9.52 Å². The first kappa shape index (κ1) is 21.0. The summed E-state index contributed by atoms with van der Waals surface area (Å²) in [7, 11) is -0.982. The molecular weight excluding hydrogens is 392 g/mol. The molecule has 7 nitrogen and oxygen atoms in total. The number of nitrogens with one attached hydrogen (secondary N) is 2.